The molecule has 3 rings (SSSR count). The van der Waals surface area contributed by atoms with Crippen LogP contribution in [0.2, 0.25) is 0 Å². The number of imide groups is 1. The number of hydrogen-bond donors (Lipinski definition) is 1. The van der Waals surface area contributed by atoms with Crippen molar-refractivity contribution in [3.05, 3.63) is 33.8 Å². The summed E-state index contributed by atoms with van der Waals surface area (Å²) in [5, 5.41) is 2.16. The molecule has 2 aliphatic rings. The number of fused-ring (bicyclic) bond motifs is 1. The average Bonchev–Trinajstić information content (AvgIpc) is 2.44. The van der Waals surface area contributed by atoms with Crippen molar-refractivity contribution in [1.82, 2.24) is 10.2 Å². The van der Waals surface area contributed by atoms with Crippen molar-refractivity contribution in [3.63, 3.8) is 0 Å². The Morgan fingerprint density at radius 1 is 1.24 bits per heavy atom. The van der Waals surface area contributed by atoms with Crippen LogP contribution in [0.5, 0.6) is 5.75 Å². The fourth-order valence-corrected chi connectivity index (χ4v) is 2.63. The van der Waals surface area contributed by atoms with Gasteiger partial charge in [-0.3, -0.25) is 19.7 Å². The van der Waals surface area contributed by atoms with Gasteiger partial charge >= 0.3 is 0 Å². The van der Waals surface area contributed by atoms with Crippen LogP contribution in [-0.2, 0) is 14.4 Å². The molecular weight excluding hydrogens is 340 g/mol. The molecule has 0 saturated carbocycles. The van der Waals surface area contributed by atoms with Gasteiger partial charge in [-0.2, -0.15) is 0 Å². The van der Waals surface area contributed by atoms with Crippen LogP contribution in [-0.4, -0.2) is 42.3 Å². The quantitative estimate of drug-likeness (QED) is 0.757. The van der Waals surface area contributed by atoms with E-state index in [4.69, 9.17) is 4.74 Å². The molecular formula is C14H11BrN2O4. The second-order valence-electron chi connectivity index (χ2n) is 4.77. The molecule has 1 fully saturated rings. The van der Waals surface area contributed by atoms with Crippen LogP contribution in [0.4, 0.5) is 0 Å². The van der Waals surface area contributed by atoms with Gasteiger partial charge in [0.2, 0.25) is 11.8 Å². The maximum atomic E-state index is 12.4. The van der Waals surface area contributed by atoms with Crippen molar-refractivity contribution in [2.24, 2.45) is 0 Å². The van der Waals surface area contributed by atoms with Gasteiger partial charge in [0.15, 0.2) is 0 Å². The van der Waals surface area contributed by atoms with E-state index >= 15 is 0 Å². The molecule has 2 heterocycles. The monoisotopic (exact) mass is 350 g/mol. The molecule has 0 atom stereocenters. The molecule has 0 radical (unpaired) electrons. The summed E-state index contributed by atoms with van der Waals surface area (Å²) in [6, 6.07) is 5.51. The third kappa shape index (κ3) is 2.82. The molecule has 6 nitrogen and oxygen atoms in total. The molecule has 1 aromatic carbocycles. The highest BCUT2D eigenvalue weighted by Crippen LogP contribution is 2.29. The second kappa shape index (κ2) is 5.33. The van der Waals surface area contributed by atoms with Gasteiger partial charge in [0.1, 0.15) is 25.4 Å². The van der Waals surface area contributed by atoms with Gasteiger partial charge in [-0.25, -0.2) is 0 Å². The summed E-state index contributed by atoms with van der Waals surface area (Å²) in [6.07, 6.45) is 1.73. The predicted molar refractivity (Wildman–Crippen MR) is 77.3 cm³/mol. The fourth-order valence-electron chi connectivity index (χ4n) is 2.26. The lowest BCUT2D eigenvalue weighted by atomic mass is 10.1. The maximum absolute atomic E-state index is 12.4. The number of benzene rings is 1. The van der Waals surface area contributed by atoms with Crippen molar-refractivity contribution in [3.8, 4) is 5.75 Å². The maximum Gasteiger partial charge on any atom is 0.254 e. The number of rotatable bonds is 1. The Bertz CT molecular complexity index is 668. The average molecular weight is 351 g/mol. The van der Waals surface area contributed by atoms with Crippen LogP contribution in [0.3, 0.4) is 0 Å². The SMILES string of the molecule is O=C1CN(C(=O)C2=Cc3cc(Br)ccc3OC2)CC(=O)N1. The first kappa shape index (κ1) is 13.8. The highest BCUT2D eigenvalue weighted by molar-refractivity contribution is 9.10. The topological polar surface area (TPSA) is 75.7 Å². The molecule has 0 aliphatic carbocycles. The molecule has 0 unspecified atom stereocenters. The van der Waals surface area contributed by atoms with Gasteiger partial charge in [0, 0.05) is 10.0 Å². The largest absolute Gasteiger partial charge is 0.488 e. The Morgan fingerprint density at radius 2 is 1.95 bits per heavy atom. The molecule has 0 aromatic heterocycles. The minimum absolute atomic E-state index is 0.118. The minimum Gasteiger partial charge on any atom is -0.488 e. The molecule has 3 amide bonds. The number of carbonyl (C=O) groups excluding carboxylic acids is 3. The van der Waals surface area contributed by atoms with Crippen LogP contribution in [0.1, 0.15) is 5.56 Å². The van der Waals surface area contributed by atoms with E-state index in [1.54, 1.807) is 6.08 Å². The van der Waals surface area contributed by atoms with E-state index in [2.05, 4.69) is 21.2 Å². The summed E-state index contributed by atoms with van der Waals surface area (Å²) in [6.45, 7) is -0.111. The van der Waals surface area contributed by atoms with Crippen molar-refractivity contribution in [2.75, 3.05) is 19.7 Å². The van der Waals surface area contributed by atoms with Crippen LogP contribution in [0.25, 0.3) is 6.08 Å². The van der Waals surface area contributed by atoms with Crippen molar-refractivity contribution < 1.29 is 19.1 Å². The number of nitrogens with zero attached hydrogens (tertiary/aromatic N) is 1. The van der Waals surface area contributed by atoms with E-state index in [-0.39, 0.29) is 25.6 Å². The second-order valence-corrected chi connectivity index (χ2v) is 5.69. The van der Waals surface area contributed by atoms with Crippen molar-refractivity contribution in [1.29, 1.82) is 0 Å². The fraction of sp³-hybridized carbons (Fsp3) is 0.214. The Labute approximate surface area is 128 Å². The van der Waals surface area contributed by atoms with Gasteiger partial charge in [-0.1, -0.05) is 15.9 Å². The molecule has 108 valence electrons. The van der Waals surface area contributed by atoms with Gasteiger partial charge in [-0.15, -0.1) is 0 Å². The van der Waals surface area contributed by atoms with Gasteiger partial charge in [0.25, 0.3) is 5.91 Å². The number of ether oxygens (including phenoxy) is 1. The summed E-state index contributed by atoms with van der Waals surface area (Å²) in [5.41, 5.74) is 1.20. The lowest BCUT2D eigenvalue weighted by Gasteiger charge is -2.27. The van der Waals surface area contributed by atoms with E-state index < -0.39 is 11.8 Å². The lowest BCUT2D eigenvalue weighted by Crippen LogP contribution is -2.53. The first-order valence-corrected chi connectivity index (χ1v) is 7.07. The summed E-state index contributed by atoms with van der Waals surface area (Å²) >= 11 is 3.36. The third-order valence-electron chi connectivity index (χ3n) is 3.19. The summed E-state index contributed by atoms with van der Waals surface area (Å²) in [4.78, 5) is 36.3. The Hall–Kier alpha value is -2.15. The molecule has 1 aromatic rings. The number of carbonyl (C=O) groups is 3. The smallest absolute Gasteiger partial charge is 0.254 e. The zero-order valence-corrected chi connectivity index (χ0v) is 12.5. The first-order valence-electron chi connectivity index (χ1n) is 6.28. The molecule has 21 heavy (non-hydrogen) atoms. The summed E-state index contributed by atoms with van der Waals surface area (Å²) in [5.74, 6) is -0.605. The number of piperazine rings is 1. The highest BCUT2D eigenvalue weighted by atomic mass is 79.9. The van der Waals surface area contributed by atoms with Crippen LogP contribution >= 0.6 is 15.9 Å². The lowest BCUT2D eigenvalue weighted by molar-refractivity contribution is -0.143. The summed E-state index contributed by atoms with van der Waals surface area (Å²) in [7, 11) is 0. The molecule has 2 aliphatic heterocycles. The highest BCUT2D eigenvalue weighted by Gasteiger charge is 2.29. The molecule has 1 saturated heterocycles. The van der Waals surface area contributed by atoms with Crippen LogP contribution < -0.4 is 10.1 Å². The molecule has 0 spiro atoms. The van der Waals surface area contributed by atoms with Crippen LogP contribution in [0.15, 0.2) is 28.2 Å². The molecule has 0 bridgehead atoms. The van der Waals surface area contributed by atoms with E-state index in [1.807, 2.05) is 18.2 Å². The van der Waals surface area contributed by atoms with E-state index in [9.17, 15) is 14.4 Å². The number of nitrogens with one attached hydrogen (secondary N) is 1. The summed E-state index contributed by atoms with van der Waals surface area (Å²) < 4.78 is 6.41. The zero-order chi connectivity index (χ0) is 15.0. The molecule has 7 heteroatoms. The molecule has 1 N–H and O–H groups in total. The zero-order valence-electron chi connectivity index (χ0n) is 10.9. The normalized spacial score (nSPS) is 17.6. The number of amides is 3. The Kier molecular flexibility index (Phi) is 3.50. The minimum atomic E-state index is -0.472. The first-order chi connectivity index (χ1) is 10.0. The van der Waals surface area contributed by atoms with Crippen molar-refractivity contribution in [2.45, 2.75) is 0 Å². The van der Waals surface area contributed by atoms with Crippen LogP contribution in [0, 0.1) is 0 Å². The number of hydrogen-bond acceptors (Lipinski definition) is 4. The van der Waals surface area contributed by atoms with E-state index in [0.717, 1.165) is 10.0 Å². The van der Waals surface area contributed by atoms with Gasteiger partial charge < -0.3 is 9.64 Å². The van der Waals surface area contributed by atoms with Crippen molar-refractivity contribution >= 4 is 39.7 Å². The third-order valence-corrected chi connectivity index (χ3v) is 3.69. The number of halogens is 1. The van der Waals surface area contributed by atoms with E-state index in [0.29, 0.717) is 11.3 Å². The standard InChI is InChI=1S/C14H11BrN2O4/c15-10-1-2-11-8(4-10)3-9(7-21-11)14(20)17-5-12(18)16-13(19)6-17/h1-4H,5-7H2,(H,16,18,19). The predicted octanol–water partition coefficient (Wildman–Crippen LogP) is 0.710. The van der Waals surface area contributed by atoms with Gasteiger partial charge in [0.05, 0.1) is 5.57 Å². The van der Waals surface area contributed by atoms with E-state index in [1.165, 1.54) is 4.90 Å². The van der Waals surface area contributed by atoms with Gasteiger partial charge in [-0.05, 0) is 24.3 Å². The Morgan fingerprint density at radius 3 is 2.67 bits per heavy atom. The Balaban J connectivity index is 1.85.